The lowest BCUT2D eigenvalue weighted by atomic mass is 9.85. The van der Waals surface area contributed by atoms with Crippen molar-refractivity contribution in [3.63, 3.8) is 0 Å². The van der Waals surface area contributed by atoms with Crippen LogP contribution in [0.5, 0.6) is 5.75 Å². The minimum atomic E-state index is 0.0239. The summed E-state index contributed by atoms with van der Waals surface area (Å²) in [5, 5.41) is 9.15. The van der Waals surface area contributed by atoms with Gasteiger partial charge in [0.1, 0.15) is 12.4 Å². The highest BCUT2D eigenvalue weighted by Crippen LogP contribution is 2.34. The van der Waals surface area contributed by atoms with Crippen molar-refractivity contribution in [1.82, 2.24) is 0 Å². The van der Waals surface area contributed by atoms with Gasteiger partial charge in [-0.1, -0.05) is 57.2 Å². The fourth-order valence-corrected chi connectivity index (χ4v) is 2.34. The molecule has 2 aromatic rings. The Balaban J connectivity index is 2.31. The molecule has 0 spiro atoms. The van der Waals surface area contributed by atoms with Crippen LogP contribution in [0.2, 0.25) is 0 Å². The van der Waals surface area contributed by atoms with Crippen LogP contribution in [0.4, 0.5) is 0 Å². The minimum absolute atomic E-state index is 0.0239. The van der Waals surface area contributed by atoms with E-state index in [1.54, 1.807) is 0 Å². The molecule has 0 amide bonds. The average molecular weight is 279 g/mol. The zero-order chi connectivity index (χ0) is 15.5. The van der Waals surface area contributed by atoms with E-state index < -0.39 is 0 Å². The number of para-hydroxylation sites is 1. The summed E-state index contributed by atoms with van der Waals surface area (Å²) in [6.07, 6.45) is 0. The zero-order valence-electron chi connectivity index (χ0n) is 13.1. The molecular formula is C19H21NO. The molecular weight excluding hydrogens is 258 g/mol. The summed E-state index contributed by atoms with van der Waals surface area (Å²) >= 11 is 0. The van der Waals surface area contributed by atoms with E-state index in [1.165, 1.54) is 5.56 Å². The van der Waals surface area contributed by atoms with Gasteiger partial charge in [0.25, 0.3) is 0 Å². The van der Waals surface area contributed by atoms with Gasteiger partial charge in [-0.15, -0.1) is 0 Å². The molecule has 0 saturated carbocycles. The molecule has 0 radical (unpaired) electrons. The van der Waals surface area contributed by atoms with Gasteiger partial charge < -0.3 is 4.74 Å². The maximum absolute atomic E-state index is 9.15. The summed E-state index contributed by atoms with van der Waals surface area (Å²) in [5.74, 6) is 0.928. The van der Waals surface area contributed by atoms with Crippen molar-refractivity contribution in [3.8, 4) is 11.8 Å². The molecule has 2 rings (SSSR count). The molecule has 0 aliphatic rings. The smallest absolute Gasteiger partial charge is 0.126 e. The summed E-state index contributed by atoms with van der Waals surface area (Å²) in [5.41, 5.74) is 3.93. The SMILES string of the molecule is Cc1cccc(C(C)(C)C)c1OCc1ccccc1C#N. The van der Waals surface area contributed by atoms with Crippen LogP contribution in [-0.4, -0.2) is 0 Å². The van der Waals surface area contributed by atoms with E-state index in [1.807, 2.05) is 24.3 Å². The predicted molar refractivity (Wildman–Crippen MR) is 85.4 cm³/mol. The van der Waals surface area contributed by atoms with Gasteiger partial charge in [0.2, 0.25) is 0 Å². The van der Waals surface area contributed by atoms with E-state index in [0.29, 0.717) is 12.2 Å². The minimum Gasteiger partial charge on any atom is -0.488 e. The molecule has 2 nitrogen and oxygen atoms in total. The first kappa shape index (κ1) is 15.1. The molecule has 0 atom stereocenters. The Morgan fingerprint density at radius 2 is 1.76 bits per heavy atom. The molecule has 108 valence electrons. The number of nitrogens with zero attached hydrogens (tertiary/aromatic N) is 1. The van der Waals surface area contributed by atoms with Gasteiger partial charge >= 0.3 is 0 Å². The van der Waals surface area contributed by atoms with Crippen molar-refractivity contribution >= 4 is 0 Å². The van der Waals surface area contributed by atoms with E-state index in [4.69, 9.17) is 10.00 Å². The normalized spacial score (nSPS) is 11.0. The van der Waals surface area contributed by atoms with Crippen molar-refractivity contribution in [1.29, 1.82) is 5.26 Å². The molecule has 0 aliphatic heterocycles. The van der Waals surface area contributed by atoms with E-state index >= 15 is 0 Å². The molecule has 0 heterocycles. The van der Waals surface area contributed by atoms with Crippen molar-refractivity contribution in [2.45, 2.75) is 39.7 Å². The van der Waals surface area contributed by atoms with Gasteiger partial charge in [-0.2, -0.15) is 5.26 Å². The number of nitriles is 1. The van der Waals surface area contributed by atoms with Gasteiger partial charge in [-0.05, 0) is 29.5 Å². The molecule has 0 unspecified atom stereocenters. The molecule has 0 fully saturated rings. The Morgan fingerprint density at radius 1 is 1.05 bits per heavy atom. The number of hydrogen-bond acceptors (Lipinski definition) is 2. The topological polar surface area (TPSA) is 33.0 Å². The fourth-order valence-electron chi connectivity index (χ4n) is 2.34. The van der Waals surface area contributed by atoms with E-state index in [0.717, 1.165) is 16.9 Å². The van der Waals surface area contributed by atoms with Gasteiger partial charge in [0.15, 0.2) is 0 Å². The highest BCUT2D eigenvalue weighted by molar-refractivity contribution is 5.45. The molecule has 0 aromatic heterocycles. The van der Waals surface area contributed by atoms with Crippen molar-refractivity contribution in [2.24, 2.45) is 0 Å². The van der Waals surface area contributed by atoms with Crippen LogP contribution >= 0.6 is 0 Å². The lowest BCUT2D eigenvalue weighted by molar-refractivity contribution is 0.295. The number of benzene rings is 2. The lowest BCUT2D eigenvalue weighted by Gasteiger charge is -2.24. The van der Waals surface area contributed by atoms with Crippen LogP contribution in [0.25, 0.3) is 0 Å². The third-order valence-electron chi connectivity index (χ3n) is 3.53. The Labute approximate surface area is 127 Å². The van der Waals surface area contributed by atoms with Crippen LogP contribution in [0.15, 0.2) is 42.5 Å². The highest BCUT2D eigenvalue weighted by atomic mass is 16.5. The summed E-state index contributed by atoms with van der Waals surface area (Å²) in [6, 6.07) is 16.0. The maximum Gasteiger partial charge on any atom is 0.126 e. The zero-order valence-corrected chi connectivity index (χ0v) is 13.1. The van der Waals surface area contributed by atoms with Crippen LogP contribution in [0.1, 0.15) is 43.0 Å². The van der Waals surface area contributed by atoms with Crippen LogP contribution in [0.3, 0.4) is 0 Å². The summed E-state index contributed by atoms with van der Waals surface area (Å²) in [4.78, 5) is 0. The molecule has 0 N–H and O–H groups in total. The molecule has 0 saturated heterocycles. The molecule has 0 bridgehead atoms. The Morgan fingerprint density at radius 3 is 2.43 bits per heavy atom. The third kappa shape index (κ3) is 3.44. The van der Waals surface area contributed by atoms with Crippen molar-refractivity contribution in [2.75, 3.05) is 0 Å². The Kier molecular flexibility index (Phi) is 4.33. The molecule has 2 aromatic carbocycles. The first-order valence-corrected chi connectivity index (χ1v) is 7.14. The standard InChI is InChI=1S/C19H21NO/c1-14-8-7-11-17(19(2,3)4)18(14)21-13-16-10-6-5-9-15(16)12-20/h5-11H,13H2,1-4H3. The Bertz CT molecular complexity index is 675. The van der Waals surface area contributed by atoms with Gasteiger partial charge in [-0.3, -0.25) is 0 Å². The summed E-state index contributed by atoms with van der Waals surface area (Å²) < 4.78 is 6.07. The summed E-state index contributed by atoms with van der Waals surface area (Å²) in [6.45, 7) is 9.01. The second-order valence-electron chi connectivity index (χ2n) is 6.26. The number of aryl methyl sites for hydroxylation is 1. The molecule has 0 aliphatic carbocycles. The van der Waals surface area contributed by atoms with E-state index in [9.17, 15) is 0 Å². The Hall–Kier alpha value is -2.27. The first-order valence-electron chi connectivity index (χ1n) is 7.14. The van der Waals surface area contributed by atoms with E-state index in [2.05, 4.69) is 52.0 Å². The van der Waals surface area contributed by atoms with Gasteiger partial charge in [0, 0.05) is 5.56 Å². The number of rotatable bonds is 3. The van der Waals surface area contributed by atoms with Gasteiger partial charge in [-0.25, -0.2) is 0 Å². The highest BCUT2D eigenvalue weighted by Gasteiger charge is 2.20. The second kappa shape index (κ2) is 6.01. The van der Waals surface area contributed by atoms with Crippen LogP contribution in [-0.2, 0) is 12.0 Å². The van der Waals surface area contributed by atoms with E-state index in [-0.39, 0.29) is 5.41 Å². The monoisotopic (exact) mass is 279 g/mol. The molecule has 21 heavy (non-hydrogen) atoms. The molecule has 2 heteroatoms. The van der Waals surface area contributed by atoms with Crippen LogP contribution in [0, 0.1) is 18.3 Å². The average Bonchev–Trinajstić information content (AvgIpc) is 2.45. The number of hydrogen-bond donors (Lipinski definition) is 0. The number of ether oxygens (including phenoxy) is 1. The second-order valence-corrected chi connectivity index (χ2v) is 6.26. The first-order chi connectivity index (χ1) is 9.93. The van der Waals surface area contributed by atoms with Crippen LogP contribution < -0.4 is 4.74 Å². The maximum atomic E-state index is 9.15. The van der Waals surface area contributed by atoms with Crippen molar-refractivity contribution < 1.29 is 4.74 Å². The largest absolute Gasteiger partial charge is 0.488 e. The fraction of sp³-hybridized carbons (Fsp3) is 0.316. The van der Waals surface area contributed by atoms with Gasteiger partial charge in [0.05, 0.1) is 11.6 Å². The predicted octanol–water partition coefficient (Wildman–Crippen LogP) is 4.74. The lowest BCUT2D eigenvalue weighted by Crippen LogP contribution is -2.14. The summed E-state index contributed by atoms with van der Waals surface area (Å²) in [7, 11) is 0. The van der Waals surface area contributed by atoms with Crippen molar-refractivity contribution in [3.05, 3.63) is 64.7 Å². The quantitative estimate of drug-likeness (QED) is 0.812. The third-order valence-corrected chi connectivity index (χ3v) is 3.53.